The molecule has 1 rings (SSSR count). The molecule has 0 saturated heterocycles. The first-order valence-electron chi connectivity index (χ1n) is 6.29. The molecule has 0 saturated carbocycles. The molecule has 0 bridgehead atoms. The minimum atomic E-state index is 0.450. The molecule has 0 aromatic heterocycles. The highest BCUT2D eigenvalue weighted by Crippen LogP contribution is 2.31. The van der Waals surface area contributed by atoms with Crippen LogP contribution in [0.2, 0.25) is 0 Å². The zero-order valence-electron chi connectivity index (χ0n) is 10.8. The van der Waals surface area contributed by atoms with E-state index in [0.29, 0.717) is 6.04 Å². The Hall–Kier alpha value is 0.140. The van der Waals surface area contributed by atoms with Crippen molar-refractivity contribution in [2.75, 3.05) is 6.54 Å². The van der Waals surface area contributed by atoms with E-state index in [1.54, 1.807) is 0 Å². The second-order valence-electron chi connectivity index (χ2n) is 4.38. The Morgan fingerprint density at radius 1 is 1.18 bits per heavy atom. The maximum Gasteiger partial charge on any atom is 0.0331 e. The van der Waals surface area contributed by atoms with Crippen molar-refractivity contribution < 1.29 is 0 Å². The van der Waals surface area contributed by atoms with Crippen LogP contribution in [0.5, 0.6) is 0 Å². The fourth-order valence-electron chi connectivity index (χ4n) is 1.95. The summed E-state index contributed by atoms with van der Waals surface area (Å²) in [5, 5.41) is 3.57. The van der Waals surface area contributed by atoms with Gasteiger partial charge >= 0.3 is 0 Å². The fraction of sp³-hybridized carbons (Fsp3) is 0.571. The summed E-state index contributed by atoms with van der Waals surface area (Å²) in [6.45, 7) is 7.53. The van der Waals surface area contributed by atoms with Crippen LogP contribution in [0, 0.1) is 6.92 Å². The van der Waals surface area contributed by atoms with Crippen LogP contribution in [0.15, 0.2) is 21.1 Å². The quantitative estimate of drug-likeness (QED) is 0.718. The van der Waals surface area contributed by atoms with E-state index in [-0.39, 0.29) is 0 Å². The van der Waals surface area contributed by atoms with E-state index in [4.69, 9.17) is 0 Å². The third kappa shape index (κ3) is 4.38. The largest absolute Gasteiger partial charge is 0.310 e. The van der Waals surface area contributed by atoms with E-state index in [9.17, 15) is 0 Å². The summed E-state index contributed by atoms with van der Waals surface area (Å²) in [5.41, 5.74) is 2.63. The van der Waals surface area contributed by atoms with Crippen LogP contribution in [-0.4, -0.2) is 6.54 Å². The smallest absolute Gasteiger partial charge is 0.0331 e. The van der Waals surface area contributed by atoms with Gasteiger partial charge in [-0.05, 0) is 43.1 Å². The first-order valence-corrected chi connectivity index (χ1v) is 7.87. The molecule has 0 heterocycles. The summed E-state index contributed by atoms with van der Waals surface area (Å²) < 4.78 is 2.40. The maximum atomic E-state index is 3.68. The fourth-order valence-corrected chi connectivity index (χ4v) is 3.05. The average molecular weight is 363 g/mol. The number of hydrogen-bond acceptors (Lipinski definition) is 1. The molecule has 96 valence electrons. The zero-order chi connectivity index (χ0) is 12.8. The number of halogens is 2. The molecule has 1 nitrogen and oxygen atoms in total. The lowest BCUT2D eigenvalue weighted by molar-refractivity contribution is 0.493. The molecule has 3 heteroatoms. The molecule has 0 spiro atoms. The number of hydrogen-bond donors (Lipinski definition) is 1. The number of nitrogens with one attached hydrogen (secondary N) is 1. The third-order valence-electron chi connectivity index (χ3n) is 2.95. The van der Waals surface area contributed by atoms with Crippen molar-refractivity contribution in [2.24, 2.45) is 0 Å². The Kier molecular flexibility index (Phi) is 6.75. The molecule has 1 atom stereocenters. The van der Waals surface area contributed by atoms with E-state index >= 15 is 0 Å². The van der Waals surface area contributed by atoms with Crippen LogP contribution in [0.1, 0.15) is 50.3 Å². The van der Waals surface area contributed by atoms with Crippen LogP contribution in [-0.2, 0) is 0 Å². The monoisotopic (exact) mass is 361 g/mol. The molecular formula is C14H21Br2N. The van der Waals surface area contributed by atoms with E-state index in [0.717, 1.165) is 6.54 Å². The van der Waals surface area contributed by atoms with Gasteiger partial charge in [0.25, 0.3) is 0 Å². The van der Waals surface area contributed by atoms with E-state index in [2.05, 4.69) is 70.1 Å². The normalized spacial score (nSPS) is 12.8. The molecule has 1 unspecified atom stereocenters. The van der Waals surface area contributed by atoms with Crippen LogP contribution in [0.3, 0.4) is 0 Å². The Morgan fingerprint density at radius 3 is 2.47 bits per heavy atom. The first-order chi connectivity index (χ1) is 8.10. The van der Waals surface area contributed by atoms with Crippen molar-refractivity contribution in [3.05, 3.63) is 32.2 Å². The molecule has 0 aliphatic carbocycles. The summed E-state index contributed by atoms with van der Waals surface area (Å²) in [6, 6.07) is 4.88. The molecule has 0 amide bonds. The summed E-state index contributed by atoms with van der Waals surface area (Å²) in [6.07, 6.45) is 3.70. The van der Waals surface area contributed by atoms with Gasteiger partial charge in [-0.1, -0.05) is 58.5 Å². The van der Waals surface area contributed by atoms with Gasteiger partial charge in [-0.2, -0.15) is 0 Å². The maximum absolute atomic E-state index is 3.68. The van der Waals surface area contributed by atoms with E-state index < -0.39 is 0 Å². The standard InChI is InChI=1S/C14H21Br2N/c1-4-6-7-14(17-5-2)11-9-12(15)10(3)8-13(11)16/h8-9,14,17H,4-7H2,1-3H3. The minimum absolute atomic E-state index is 0.450. The van der Waals surface area contributed by atoms with Crippen LogP contribution < -0.4 is 5.32 Å². The zero-order valence-corrected chi connectivity index (χ0v) is 14.0. The average Bonchev–Trinajstić information content (AvgIpc) is 2.29. The van der Waals surface area contributed by atoms with Gasteiger partial charge in [0.1, 0.15) is 0 Å². The van der Waals surface area contributed by atoms with Crippen LogP contribution in [0.25, 0.3) is 0 Å². The van der Waals surface area contributed by atoms with Crippen molar-refractivity contribution in [3.63, 3.8) is 0 Å². The molecule has 1 aromatic rings. The molecular weight excluding hydrogens is 342 g/mol. The van der Waals surface area contributed by atoms with Crippen molar-refractivity contribution in [1.82, 2.24) is 5.32 Å². The Morgan fingerprint density at radius 2 is 1.88 bits per heavy atom. The second-order valence-corrected chi connectivity index (χ2v) is 6.08. The van der Waals surface area contributed by atoms with Crippen molar-refractivity contribution in [3.8, 4) is 0 Å². The van der Waals surface area contributed by atoms with Crippen molar-refractivity contribution >= 4 is 31.9 Å². The summed E-state index contributed by atoms with van der Waals surface area (Å²) in [4.78, 5) is 0. The van der Waals surface area contributed by atoms with E-state index in [1.165, 1.54) is 39.3 Å². The highest BCUT2D eigenvalue weighted by molar-refractivity contribution is 9.11. The van der Waals surface area contributed by atoms with Gasteiger partial charge in [-0.25, -0.2) is 0 Å². The van der Waals surface area contributed by atoms with Crippen molar-refractivity contribution in [1.29, 1.82) is 0 Å². The Labute approximate surface area is 122 Å². The van der Waals surface area contributed by atoms with Gasteiger partial charge in [0, 0.05) is 15.0 Å². The number of benzene rings is 1. The SMILES string of the molecule is CCCCC(NCC)c1cc(Br)c(C)cc1Br. The van der Waals surface area contributed by atoms with E-state index in [1.807, 2.05) is 0 Å². The number of rotatable bonds is 6. The van der Waals surface area contributed by atoms with Crippen LogP contribution >= 0.6 is 31.9 Å². The molecule has 0 aliphatic heterocycles. The molecule has 1 N–H and O–H groups in total. The lowest BCUT2D eigenvalue weighted by Crippen LogP contribution is -2.21. The number of unbranched alkanes of at least 4 members (excludes halogenated alkanes) is 1. The molecule has 0 aliphatic rings. The predicted molar refractivity (Wildman–Crippen MR) is 82.5 cm³/mol. The second kappa shape index (κ2) is 7.55. The highest BCUT2D eigenvalue weighted by Gasteiger charge is 2.14. The lowest BCUT2D eigenvalue weighted by atomic mass is 10.00. The Bertz CT molecular complexity index is 363. The first kappa shape index (κ1) is 15.2. The molecule has 17 heavy (non-hydrogen) atoms. The summed E-state index contributed by atoms with van der Waals surface area (Å²) in [5.74, 6) is 0. The molecule has 0 radical (unpaired) electrons. The number of aryl methyl sites for hydroxylation is 1. The summed E-state index contributed by atoms with van der Waals surface area (Å²) >= 11 is 7.30. The van der Waals surface area contributed by atoms with Gasteiger partial charge in [0.05, 0.1) is 0 Å². The Balaban J connectivity index is 2.96. The summed E-state index contributed by atoms with van der Waals surface area (Å²) in [7, 11) is 0. The third-order valence-corrected chi connectivity index (χ3v) is 4.49. The van der Waals surface area contributed by atoms with Gasteiger partial charge in [0.15, 0.2) is 0 Å². The molecule has 0 fully saturated rings. The lowest BCUT2D eigenvalue weighted by Gasteiger charge is -2.20. The van der Waals surface area contributed by atoms with Crippen molar-refractivity contribution in [2.45, 2.75) is 46.1 Å². The molecule has 1 aromatic carbocycles. The predicted octanol–water partition coefficient (Wildman–Crippen LogP) is 5.36. The van der Waals surface area contributed by atoms with Gasteiger partial charge in [-0.3, -0.25) is 0 Å². The minimum Gasteiger partial charge on any atom is -0.310 e. The van der Waals surface area contributed by atoms with Gasteiger partial charge in [0.2, 0.25) is 0 Å². The highest BCUT2D eigenvalue weighted by atomic mass is 79.9. The van der Waals surface area contributed by atoms with Gasteiger partial charge in [-0.15, -0.1) is 0 Å². The topological polar surface area (TPSA) is 12.0 Å². The van der Waals surface area contributed by atoms with Crippen LogP contribution in [0.4, 0.5) is 0 Å². The van der Waals surface area contributed by atoms with Gasteiger partial charge < -0.3 is 5.32 Å².